The van der Waals surface area contributed by atoms with E-state index in [1.165, 1.54) is 18.7 Å². The number of nitrogens with zero attached hydrogens (tertiary/aromatic N) is 3. The first kappa shape index (κ1) is 20.6. The van der Waals surface area contributed by atoms with Crippen molar-refractivity contribution in [3.8, 4) is 0 Å². The van der Waals surface area contributed by atoms with E-state index in [4.69, 9.17) is 4.74 Å². The van der Waals surface area contributed by atoms with Crippen molar-refractivity contribution < 1.29 is 19.1 Å². The van der Waals surface area contributed by atoms with E-state index in [0.717, 1.165) is 0 Å². The minimum atomic E-state index is -0.434. The number of rotatable bonds is 8. The number of hydrogen-bond acceptors (Lipinski definition) is 7. The molecule has 0 aliphatic rings. The van der Waals surface area contributed by atoms with Crippen LogP contribution in [0.5, 0.6) is 0 Å². The zero-order valence-corrected chi connectivity index (χ0v) is 16.5. The van der Waals surface area contributed by atoms with Gasteiger partial charge in [0.05, 0.1) is 11.9 Å². The first-order valence-electron chi connectivity index (χ1n) is 8.44. The third-order valence-electron chi connectivity index (χ3n) is 3.74. The standard InChI is InChI=1S/C18H22N4O4S/c1-5-26-16(24)10-15-20-21-18(22(15)4)27-12(3)17(25)19-14-8-6-13(7-9-14)11(2)23/h6-9,12H,5,10H2,1-4H3,(H,19,25)/t12-/m0/s1. The zero-order chi connectivity index (χ0) is 20.0. The van der Waals surface area contributed by atoms with E-state index in [-0.39, 0.29) is 24.1 Å². The summed E-state index contributed by atoms with van der Waals surface area (Å²) in [5.41, 5.74) is 1.20. The molecule has 0 saturated heterocycles. The van der Waals surface area contributed by atoms with Crippen LogP contribution in [0.2, 0.25) is 0 Å². The maximum atomic E-state index is 12.4. The number of anilines is 1. The lowest BCUT2D eigenvalue weighted by Crippen LogP contribution is -2.23. The van der Waals surface area contributed by atoms with Gasteiger partial charge in [0.1, 0.15) is 12.2 Å². The lowest BCUT2D eigenvalue weighted by atomic mass is 10.1. The molecule has 1 aromatic heterocycles. The Balaban J connectivity index is 1.97. The first-order chi connectivity index (χ1) is 12.8. The maximum absolute atomic E-state index is 12.4. The van der Waals surface area contributed by atoms with Crippen molar-refractivity contribution in [2.75, 3.05) is 11.9 Å². The molecule has 1 amide bonds. The average molecular weight is 390 g/mol. The number of nitrogens with one attached hydrogen (secondary N) is 1. The van der Waals surface area contributed by atoms with Crippen LogP contribution in [-0.4, -0.2) is 44.3 Å². The number of amides is 1. The van der Waals surface area contributed by atoms with E-state index in [2.05, 4.69) is 15.5 Å². The number of ether oxygens (including phenoxy) is 1. The summed E-state index contributed by atoms with van der Waals surface area (Å²) in [5.74, 6) is -0.129. The van der Waals surface area contributed by atoms with E-state index < -0.39 is 5.25 Å². The quantitative estimate of drug-likeness (QED) is 0.419. The molecule has 1 aromatic carbocycles. The molecule has 27 heavy (non-hydrogen) atoms. The van der Waals surface area contributed by atoms with E-state index in [1.807, 2.05) is 0 Å². The number of Topliss-reactive ketones (excluding diaryl/α,β-unsaturated/α-hetero) is 1. The SMILES string of the molecule is CCOC(=O)Cc1nnc(S[C@@H](C)C(=O)Nc2ccc(C(C)=O)cc2)n1C. The number of esters is 1. The Morgan fingerprint density at radius 1 is 1.22 bits per heavy atom. The van der Waals surface area contributed by atoms with Gasteiger partial charge in [-0.2, -0.15) is 0 Å². The third kappa shape index (κ3) is 5.65. The van der Waals surface area contributed by atoms with Gasteiger partial charge >= 0.3 is 5.97 Å². The summed E-state index contributed by atoms with van der Waals surface area (Å²) in [5, 5.41) is 10.9. The minimum Gasteiger partial charge on any atom is -0.466 e. The third-order valence-corrected chi connectivity index (χ3v) is 4.88. The molecule has 0 fully saturated rings. The fraction of sp³-hybridized carbons (Fsp3) is 0.389. The Morgan fingerprint density at radius 2 is 1.89 bits per heavy atom. The van der Waals surface area contributed by atoms with Crippen LogP contribution >= 0.6 is 11.8 Å². The predicted molar refractivity (Wildman–Crippen MR) is 102 cm³/mol. The topological polar surface area (TPSA) is 103 Å². The molecule has 9 heteroatoms. The molecule has 1 atom stereocenters. The summed E-state index contributed by atoms with van der Waals surface area (Å²) in [6.45, 7) is 5.29. The molecule has 2 rings (SSSR count). The number of ketones is 1. The van der Waals surface area contributed by atoms with Crippen molar-refractivity contribution in [2.24, 2.45) is 7.05 Å². The predicted octanol–water partition coefficient (Wildman–Crippen LogP) is 2.24. The summed E-state index contributed by atoms with van der Waals surface area (Å²) in [6, 6.07) is 6.71. The van der Waals surface area contributed by atoms with Gasteiger partial charge in [0.25, 0.3) is 0 Å². The van der Waals surface area contributed by atoms with Crippen LogP contribution in [0.15, 0.2) is 29.4 Å². The van der Waals surface area contributed by atoms with Crippen molar-refractivity contribution in [1.82, 2.24) is 14.8 Å². The Kier molecular flexibility index (Phi) is 7.12. The Hall–Kier alpha value is -2.68. The van der Waals surface area contributed by atoms with Gasteiger partial charge in [-0.15, -0.1) is 10.2 Å². The van der Waals surface area contributed by atoms with Crippen LogP contribution < -0.4 is 5.32 Å². The number of aromatic nitrogens is 3. The molecule has 0 aliphatic heterocycles. The second-order valence-corrected chi connectivity index (χ2v) is 7.13. The molecule has 0 spiro atoms. The fourth-order valence-corrected chi connectivity index (χ4v) is 3.02. The van der Waals surface area contributed by atoms with Crippen LogP contribution in [0.4, 0.5) is 5.69 Å². The second-order valence-electron chi connectivity index (χ2n) is 5.82. The summed E-state index contributed by atoms with van der Waals surface area (Å²) in [6.07, 6.45) is 0.0287. The average Bonchev–Trinajstić information content (AvgIpc) is 2.95. The van der Waals surface area contributed by atoms with E-state index >= 15 is 0 Å². The van der Waals surface area contributed by atoms with Gasteiger partial charge in [-0.1, -0.05) is 11.8 Å². The van der Waals surface area contributed by atoms with Gasteiger partial charge in [-0.25, -0.2) is 0 Å². The highest BCUT2D eigenvalue weighted by molar-refractivity contribution is 8.00. The molecule has 0 aliphatic carbocycles. The normalized spacial score (nSPS) is 11.7. The fourth-order valence-electron chi connectivity index (χ4n) is 2.19. The lowest BCUT2D eigenvalue weighted by Gasteiger charge is -2.12. The van der Waals surface area contributed by atoms with Gasteiger partial charge in [0.2, 0.25) is 5.91 Å². The molecule has 1 heterocycles. The van der Waals surface area contributed by atoms with Crippen LogP contribution in [0.1, 0.15) is 37.0 Å². The summed E-state index contributed by atoms with van der Waals surface area (Å²) >= 11 is 1.24. The molecule has 2 aromatic rings. The number of benzene rings is 1. The smallest absolute Gasteiger partial charge is 0.313 e. The molecule has 0 unspecified atom stereocenters. The number of carbonyl (C=O) groups excluding carboxylic acids is 3. The molecule has 144 valence electrons. The largest absolute Gasteiger partial charge is 0.466 e. The Morgan fingerprint density at radius 3 is 2.48 bits per heavy atom. The highest BCUT2D eigenvalue weighted by Gasteiger charge is 2.20. The van der Waals surface area contributed by atoms with E-state index in [1.54, 1.807) is 49.7 Å². The maximum Gasteiger partial charge on any atom is 0.313 e. The van der Waals surface area contributed by atoms with Gasteiger partial charge in [-0.05, 0) is 45.0 Å². The van der Waals surface area contributed by atoms with Crippen LogP contribution in [0, 0.1) is 0 Å². The van der Waals surface area contributed by atoms with Gasteiger partial charge in [-0.3, -0.25) is 14.4 Å². The molecule has 0 bridgehead atoms. The highest BCUT2D eigenvalue weighted by Crippen LogP contribution is 2.23. The molecule has 8 nitrogen and oxygen atoms in total. The first-order valence-corrected chi connectivity index (χ1v) is 9.32. The van der Waals surface area contributed by atoms with Crippen molar-refractivity contribution >= 4 is 35.1 Å². The van der Waals surface area contributed by atoms with Crippen molar-refractivity contribution in [3.05, 3.63) is 35.7 Å². The van der Waals surface area contributed by atoms with Gasteiger partial charge < -0.3 is 14.6 Å². The second kappa shape index (κ2) is 9.31. The molecule has 0 radical (unpaired) electrons. The number of carbonyl (C=O) groups is 3. The van der Waals surface area contributed by atoms with Crippen LogP contribution in [0.25, 0.3) is 0 Å². The summed E-state index contributed by atoms with van der Waals surface area (Å²) < 4.78 is 6.58. The number of hydrogen-bond donors (Lipinski definition) is 1. The minimum absolute atomic E-state index is 0.0287. The summed E-state index contributed by atoms with van der Waals surface area (Å²) in [7, 11) is 1.74. The molecule has 0 saturated carbocycles. The van der Waals surface area contributed by atoms with Gasteiger partial charge in [0.15, 0.2) is 10.9 Å². The van der Waals surface area contributed by atoms with Crippen LogP contribution in [-0.2, 0) is 27.8 Å². The molecular formula is C18H22N4O4S. The highest BCUT2D eigenvalue weighted by atomic mass is 32.2. The monoisotopic (exact) mass is 390 g/mol. The Labute approximate surface area is 161 Å². The number of thioether (sulfide) groups is 1. The Bertz CT molecular complexity index is 832. The molecular weight excluding hydrogens is 368 g/mol. The van der Waals surface area contributed by atoms with E-state index in [9.17, 15) is 14.4 Å². The molecule has 1 N–H and O–H groups in total. The van der Waals surface area contributed by atoms with E-state index in [0.29, 0.717) is 28.8 Å². The van der Waals surface area contributed by atoms with Crippen molar-refractivity contribution in [3.63, 3.8) is 0 Å². The summed E-state index contributed by atoms with van der Waals surface area (Å²) in [4.78, 5) is 35.3. The van der Waals surface area contributed by atoms with Crippen molar-refractivity contribution in [2.45, 2.75) is 37.6 Å². The van der Waals surface area contributed by atoms with Crippen molar-refractivity contribution in [1.29, 1.82) is 0 Å². The van der Waals surface area contributed by atoms with Crippen LogP contribution in [0.3, 0.4) is 0 Å². The zero-order valence-electron chi connectivity index (χ0n) is 15.7. The van der Waals surface area contributed by atoms with Gasteiger partial charge in [0, 0.05) is 18.3 Å². The lowest BCUT2D eigenvalue weighted by molar-refractivity contribution is -0.142.